The third-order valence-corrected chi connectivity index (χ3v) is 4.80. The molecule has 0 bridgehead atoms. The number of aromatic nitrogens is 2. The van der Waals surface area contributed by atoms with Gasteiger partial charge in [0.2, 0.25) is 0 Å². The van der Waals surface area contributed by atoms with Crippen molar-refractivity contribution in [2.75, 3.05) is 7.05 Å². The van der Waals surface area contributed by atoms with Crippen molar-refractivity contribution in [3.05, 3.63) is 71.6 Å². The lowest BCUT2D eigenvalue weighted by Crippen LogP contribution is -2.30. The van der Waals surface area contributed by atoms with Gasteiger partial charge in [-0.3, -0.25) is 4.79 Å². The number of hydrogen-bond acceptors (Lipinski definition) is 5. The van der Waals surface area contributed by atoms with Gasteiger partial charge in [-0.15, -0.1) is 0 Å². The van der Waals surface area contributed by atoms with Gasteiger partial charge in [-0.05, 0) is 37.6 Å². The minimum absolute atomic E-state index is 0.0888. The molecule has 0 radical (unpaired) electrons. The second-order valence-electron chi connectivity index (χ2n) is 6.48. The third-order valence-electron chi connectivity index (χ3n) is 4.80. The van der Waals surface area contributed by atoms with Crippen molar-refractivity contribution in [3.63, 3.8) is 0 Å². The molecule has 1 aromatic carbocycles. The average molecular weight is 361 g/mol. The Labute approximate surface area is 156 Å². The fourth-order valence-corrected chi connectivity index (χ4v) is 3.13. The Balaban J connectivity index is 1.79. The molecule has 136 valence electrons. The largest absolute Gasteiger partial charge is 0.463 e. The van der Waals surface area contributed by atoms with E-state index in [0.29, 0.717) is 33.8 Å². The van der Waals surface area contributed by atoms with E-state index in [9.17, 15) is 4.79 Å². The number of benzene rings is 1. The minimum atomic E-state index is -0.127. The van der Waals surface area contributed by atoms with Gasteiger partial charge in [-0.2, -0.15) is 0 Å². The lowest BCUT2D eigenvalue weighted by molar-refractivity contribution is 0.0744. The van der Waals surface area contributed by atoms with Gasteiger partial charge in [-0.1, -0.05) is 35.5 Å². The van der Waals surface area contributed by atoms with Crippen LogP contribution in [0.4, 0.5) is 0 Å². The number of amides is 1. The second kappa shape index (κ2) is 6.72. The average Bonchev–Trinajstić information content (AvgIpc) is 3.37. The first-order valence-electron chi connectivity index (χ1n) is 8.69. The molecule has 0 saturated carbocycles. The fourth-order valence-electron chi connectivity index (χ4n) is 3.13. The van der Waals surface area contributed by atoms with Crippen molar-refractivity contribution in [3.8, 4) is 11.5 Å². The van der Waals surface area contributed by atoms with E-state index in [4.69, 9.17) is 8.94 Å². The van der Waals surface area contributed by atoms with E-state index in [1.165, 1.54) is 0 Å². The van der Waals surface area contributed by atoms with Gasteiger partial charge in [0, 0.05) is 7.05 Å². The number of rotatable bonds is 4. The SMILES string of the molecule is Cc1noc2nc(-c3ccco3)cc(C(=O)N(C)C(C)c3ccccc3)c12. The van der Waals surface area contributed by atoms with Crippen LogP contribution in [0.25, 0.3) is 22.6 Å². The molecular weight excluding hydrogens is 342 g/mol. The number of pyridine rings is 1. The minimum Gasteiger partial charge on any atom is -0.463 e. The number of fused-ring (bicyclic) bond motifs is 1. The molecule has 1 amide bonds. The van der Waals surface area contributed by atoms with Gasteiger partial charge >= 0.3 is 0 Å². The Morgan fingerprint density at radius 3 is 2.63 bits per heavy atom. The number of aryl methyl sites for hydroxylation is 1. The molecule has 4 rings (SSSR count). The van der Waals surface area contributed by atoms with Crippen LogP contribution in [0.1, 0.15) is 34.6 Å². The Kier molecular flexibility index (Phi) is 4.24. The van der Waals surface area contributed by atoms with Crippen LogP contribution in [0, 0.1) is 6.92 Å². The predicted octanol–water partition coefficient (Wildman–Crippen LogP) is 4.62. The molecule has 0 saturated heterocycles. The van der Waals surface area contributed by atoms with Crippen LogP contribution >= 0.6 is 0 Å². The zero-order valence-electron chi connectivity index (χ0n) is 15.3. The Morgan fingerprint density at radius 1 is 1.15 bits per heavy atom. The standard InChI is InChI=1S/C21H19N3O3/c1-13-19-16(21(25)24(3)14(2)15-8-5-4-6-9-15)12-17(18-10-7-11-26-18)22-20(19)27-23-13/h4-12,14H,1-3H3. The van der Waals surface area contributed by atoms with Gasteiger partial charge in [0.25, 0.3) is 11.6 Å². The fraction of sp³-hybridized carbons (Fsp3) is 0.190. The van der Waals surface area contributed by atoms with E-state index in [1.807, 2.05) is 37.3 Å². The summed E-state index contributed by atoms with van der Waals surface area (Å²) in [4.78, 5) is 19.5. The summed E-state index contributed by atoms with van der Waals surface area (Å²) >= 11 is 0. The maximum Gasteiger partial charge on any atom is 0.259 e. The van der Waals surface area contributed by atoms with Gasteiger partial charge < -0.3 is 13.8 Å². The molecule has 3 aromatic heterocycles. The highest BCUT2D eigenvalue weighted by Crippen LogP contribution is 2.29. The van der Waals surface area contributed by atoms with E-state index in [1.54, 1.807) is 43.3 Å². The second-order valence-corrected chi connectivity index (χ2v) is 6.48. The maximum absolute atomic E-state index is 13.3. The molecule has 1 atom stereocenters. The monoisotopic (exact) mass is 361 g/mol. The molecule has 4 aromatic rings. The van der Waals surface area contributed by atoms with Crippen LogP contribution < -0.4 is 0 Å². The summed E-state index contributed by atoms with van der Waals surface area (Å²) in [6, 6.07) is 15.1. The van der Waals surface area contributed by atoms with Gasteiger partial charge in [-0.25, -0.2) is 4.98 Å². The summed E-state index contributed by atoms with van der Waals surface area (Å²) in [5.41, 5.74) is 3.05. The number of nitrogens with zero attached hydrogens (tertiary/aromatic N) is 3. The van der Waals surface area contributed by atoms with Crippen molar-refractivity contribution in [2.45, 2.75) is 19.9 Å². The van der Waals surface area contributed by atoms with E-state index < -0.39 is 0 Å². The van der Waals surface area contributed by atoms with Crippen molar-refractivity contribution in [1.29, 1.82) is 0 Å². The van der Waals surface area contributed by atoms with Gasteiger partial charge in [0.1, 0.15) is 5.69 Å². The molecule has 0 N–H and O–H groups in total. The van der Waals surface area contributed by atoms with Crippen molar-refractivity contribution in [1.82, 2.24) is 15.0 Å². The predicted molar refractivity (Wildman–Crippen MR) is 101 cm³/mol. The number of hydrogen-bond donors (Lipinski definition) is 0. The van der Waals surface area contributed by atoms with Crippen LogP contribution in [0.2, 0.25) is 0 Å². The summed E-state index contributed by atoms with van der Waals surface area (Å²) in [5, 5.41) is 4.61. The Morgan fingerprint density at radius 2 is 1.93 bits per heavy atom. The normalized spacial score (nSPS) is 12.3. The van der Waals surface area contributed by atoms with E-state index in [-0.39, 0.29) is 11.9 Å². The Hall–Kier alpha value is -3.41. The highest BCUT2D eigenvalue weighted by Gasteiger charge is 2.25. The summed E-state index contributed by atoms with van der Waals surface area (Å²) in [5.74, 6) is 0.441. The Bertz CT molecular complexity index is 1080. The lowest BCUT2D eigenvalue weighted by atomic mass is 10.0. The van der Waals surface area contributed by atoms with Crippen LogP contribution in [-0.2, 0) is 0 Å². The molecule has 0 aliphatic rings. The van der Waals surface area contributed by atoms with Gasteiger partial charge in [0.05, 0.1) is 28.9 Å². The van der Waals surface area contributed by atoms with Crippen LogP contribution in [0.15, 0.2) is 63.7 Å². The molecule has 27 heavy (non-hydrogen) atoms. The molecule has 3 heterocycles. The highest BCUT2D eigenvalue weighted by atomic mass is 16.5. The molecule has 0 spiro atoms. The topological polar surface area (TPSA) is 72.4 Å². The molecule has 6 nitrogen and oxygen atoms in total. The van der Waals surface area contributed by atoms with E-state index >= 15 is 0 Å². The maximum atomic E-state index is 13.3. The lowest BCUT2D eigenvalue weighted by Gasteiger charge is -2.25. The molecule has 1 unspecified atom stereocenters. The van der Waals surface area contributed by atoms with E-state index in [2.05, 4.69) is 10.1 Å². The number of furan rings is 1. The first-order chi connectivity index (χ1) is 13.1. The molecule has 0 aliphatic carbocycles. The van der Waals surface area contributed by atoms with Crippen LogP contribution in [-0.4, -0.2) is 28.0 Å². The number of carbonyl (C=O) groups is 1. The molecular formula is C21H19N3O3. The summed E-state index contributed by atoms with van der Waals surface area (Å²) in [7, 11) is 1.79. The first kappa shape index (κ1) is 17.0. The zero-order valence-corrected chi connectivity index (χ0v) is 15.3. The summed E-state index contributed by atoms with van der Waals surface area (Å²) in [6.45, 7) is 3.80. The first-order valence-corrected chi connectivity index (χ1v) is 8.69. The van der Waals surface area contributed by atoms with Crippen LogP contribution in [0.5, 0.6) is 0 Å². The molecule has 6 heteroatoms. The smallest absolute Gasteiger partial charge is 0.259 e. The highest BCUT2D eigenvalue weighted by molar-refractivity contribution is 6.06. The zero-order chi connectivity index (χ0) is 19.0. The summed E-state index contributed by atoms with van der Waals surface area (Å²) in [6.07, 6.45) is 1.57. The molecule has 0 aliphatic heterocycles. The van der Waals surface area contributed by atoms with E-state index in [0.717, 1.165) is 5.56 Å². The van der Waals surface area contributed by atoms with Crippen molar-refractivity contribution < 1.29 is 13.7 Å². The quantitative estimate of drug-likeness (QED) is 0.530. The van der Waals surface area contributed by atoms with Crippen molar-refractivity contribution >= 4 is 17.0 Å². The third kappa shape index (κ3) is 2.99. The van der Waals surface area contributed by atoms with Crippen LogP contribution in [0.3, 0.4) is 0 Å². The number of carbonyl (C=O) groups excluding carboxylic acids is 1. The molecule has 0 fully saturated rings. The van der Waals surface area contributed by atoms with Gasteiger partial charge in [0.15, 0.2) is 5.76 Å². The summed E-state index contributed by atoms with van der Waals surface area (Å²) < 4.78 is 10.8. The van der Waals surface area contributed by atoms with Crippen molar-refractivity contribution in [2.24, 2.45) is 0 Å².